The molecular weight excluding hydrogens is 196 g/mol. The highest BCUT2D eigenvalue weighted by Gasteiger charge is 2.14. The van der Waals surface area contributed by atoms with Gasteiger partial charge in [0, 0.05) is 5.88 Å². The molecule has 12 heavy (non-hydrogen) atoms. The second-order valence-corrected chi connectivity index (χ2v) is 5.76. The largest absolute Gasteiger partial charge is 0.229 e. The number of hydrogen-bond acceptors (Lipinski definition) is 2. The van der Waals surface area contributed by atoms with Crippen molar-refractivity contribution in [2.24, 2.45) is 5.92 Å². The fourth-order valence-electron chi connectivity index (χ4n) is 0.926. The minimum atomic E-state index is -2.84. The van der Waals surface area contributed by atoms with E-state index in [4.69, 9.17) is 11.6 Å². The smallest absolute Gasteiger partial charge is 0.150 e. The van der Waals surface area contributed by atoms with Crippen LogP contribution in [0.25, 0.3) is 0 Å². The summed E-state index contributed by atoms with van der Waals surface area (Å²) in [7, 11) is -2.84. The maximum Gasteiger partial charge on any atom is 0.150 e. The summed E-state index contributed by atoms with van der Waals surface area (Å²) in [4.78, 5) is 0. The average molecular weight is 213 g/mol. The molecule has 0 aliphatic carbocycles. The first kappa shape index (κ1) is 12.2. The summed E-state index contributed by atoms with van der Waals surface area (Å²) < 4.78 is 22.6. The van der Waals surface area contributed by atoms with Crippen LogP contribution in [0, 0.1) is 5.92 Å². The average Bonchev–Trinajstić information content (AvgIpc) is 2.00. The van der Waals surface area contributed by atoms with Gasteiger partial charge in [-0.2, -0.15) is 0 Å². The van der Waals surface area contributed by atoms with Gasteiger partial charge in [0.1, 0.15) is 0 Å². The van der Waals surface area contributed by atoms with E-state index in [1.807, 2.05) is 13.8 Å². The van der Waals surface area contributed by atoms with Gasteiger partial charge in [0.2, 0.25) is 0 Å². The molecule has 0 aromatic rings. The van der Waals surface area contributed by atoms with Gasteiger partial charge in [-0.15, -0.1) is 11.6 Å². The van der Waals surface area contributed by atoms with Crippen LogP contribution >= 0.6 is 11.6 Å². The molecule has 0 aromatic carbocycles. The summed E-state index contributed by atoms with van der Waals surface area (Å²) in [6.07, 6.45) is 1.69. The first-order valence-corrected chi connectivity index (χ1v) is 6.63. The number of unbranched alkanes of at least 4 members (excludes halogenated alkanes) is 1. The first-order chi connectivity index (χ1) is 5.52. The summed E-state index contributed by atoms with van der Waals surface area (Å²) in [6, 6.07) is 0. The number of halogens is 1. The van der Waals surface area contributed by atoms with E-state index in [0.717, 1.165) is 12.8 Å². The van der Waals surface area contributed by atoms with Gasteiger partial charge in [0.15, 0.2) is 9.84 Å². The summed E-state index contributed by atoms with van der Waals surface area (Å²) in [6.45, 7) is 3.84. The molecular formula is C8H17ClO2S. The topological polar surface area (TPSA) is 34.1 Å². The Hall–Kier alpha value is 0.240. The van der Waals surface area contributed by atoms with E-state index in [1.165, 1.54) is 0 Å². The number of sulfone groups is 1. The zero-order valence-electron chi connectivity index (χ0n) is 7.72. The van der Waals surface area contributed by atoms with Gasteiger partial charge < -0.3 is 0 Å². The van der Waals surface area contributed by atoms with Gasteiger partial charge in [-0.05, 0) is 12.3 Å². The zero-order chi connectivity index (χ0) is 9.61. The molecule has 74 valence electrons. The Morgan fingerprint density at radius 2 is 2.00 bits per heavy atom. The minimum absolute atomic E-state index is 0.0773. The molecule has 0 heterocycles. The normalized spacial score (nSPS) is 14.6. The number of rotatable bonds is 6. The van der Waals surface area contributed by atoms with E-state index in [1.54, 1.807) is 0 Å². The minimum Gasteiger partial charge on any atom is -0.229 e. The molecule has 0 N–H and O–H groups in total. The molecule has 0 rings (SSSR count). The fraction of sp³-hybridized carbons (Fsp3) is 1.00. The first-order valence-electron chi connectivity index (χ1n) is 4.28. The third-order valence-corrected chi connectivity index (χ3v) is 4.13. The van der Waals surface area contributed by atoms with Crippen LogP contribution < -0.4 is 0 Å². The SMILES string of the molecule is CCCCS(=O)(=O)CC(C)CCl. The van der Waals surface area contributed by atoms with Crippen LogP contribution in [0.3, 0.4) is 0 Å². The highest BCUT2D eigenvalue weighted by atomic mass is 35.5. The van der Waals surface area contributed by atoms with Crippen molar-refractivity contribution >= 4 is 21.4 Å². The van der Waals surface area contributed by atoms with Crippen LogP contribution in [0.1, 0.15) is 26.7 Å². The van der Waals surface area contributed by atoms with Gasteiger partial charge >= 0.3 is 0 Å². The van der Waals surface area contributed by atoms with Crippen molar-refractivity contribution in [3.8, 4) is 0 Å². The molecule has 0 aliphatic rings. The predicted octanol–water partition coefficient (Wildman–Crippen LogP) is 2.08. The van der Waals surface area contributed by atoms with Crippen molar-refractivity contribution in [2.45, 2.75) is 26.7 Å². The van der Waals surface area contributed by atoms with Crippen molar-refractivity contribution in [3.05, 3.63) is 0 Å². The van der Waals surface area contributed by atoms with Crippen LogP contribution in [-0.2, 0) is 9.84 Å². The Morgan fingerprint density at radius 1 is 1.42 bits per heavy atom. The molecule has 0 saturated heterocycles. The molecule has 0 radical (unpaired) electrons. The zero-order valence-corrected chi connectivity index (χ0v) is 9.29. The lowest BCUT2D eigenvalue weighted by Crippen LogP contribution is -2.17. The molecule has 0 saturated carbocycles. The Bertz CT molecular complexity index is 199. The molecule has 0 spiro atoms. The van der Waals surface area contributed by atoms with Gasteiger partial charge in [0.25, 0.3) is 0 Å². The second-order valence-electron chi connectivity index (χ2n) is 3.23. The number of hydrogen-bond donors (Lipinski definition) is 0. The van der Waals surface area contributed by atoms with Crippen LogP contribution in [0.4, 0.5) is 0 Å². The Labute approximate surface area is 80.2 Å². The molecule has 0 aliphatic heterocycles. The maximum atomic E-state index is 11.3. The van der Waals surface area contributed by atoms with Crippen LogP contribution in [0.5, 0.6) is 0 Å². The number of alkyl halides is 1. The van der Waals surface area contributed by atoms with Crippen molar-refractivity contribution in [1.29, 1.82) is 0 Å². The Kier molecular flexibility index (Phi) is 5.93. The molecule has 0 bridgehead atoms. The summed E-state index contributed by atoms with van der Waals surface area (Å²) >= 11 is 5.53. The van der Waals surface area contributed by atoms with Crippen molar-refractivity contribution in [1.82, 2.24) is 0 Å². The van der Waals surface area contributed by atoms with Gasteiger partial charge in [-0.25, -0.2) is 8.42 Å². The molecule has 0 amide bonds. The molecule has 1 unspecified atom stereocenters. The Balaban J connectivity index is 3.88. The lowest BCUT2D eigenvalue weighted by atomic mass is 10.3. The lowest BCUT2D eigenvalue weighted by molar-refractivity contribution is 0.580. The van der Waals surface area contributed by atoms with E-state index in [-0.39, 0.29) is 11.7 Å². The van der Waals surface area contributed by atoms with Gasteiger partial charge in [-0.3, -0.25) is 0 Å². The van der Waals surface area contributed by atoms with Crippen molar-refractivity contribution < 1.29 is 8.42 Å². The molecule has 4 heteroatoms. The van der Waals surface area contributed by atoms with Crippen LogP contribution in [-0.4, -0.2) is 25.8 Å². The molecule has 0 fully saturated rings. The summed E-state index contributed by atoms with van der Waals surface area (Å²) in [5.74, 6) is 1.04. The fourth-order valence-corrected chi connectivity index (χ4v) is 3.04. The quantitative estimate of drug-likeness (QED) is 0.632. The van der Waals surface area contributed by atoms with Crippen molar-refractivity contribution in [3.63, 3.8) is 0 Å². The maximum absolute atomic E-state index is 11.3. The summed E-state index contributed by atoms with van der Waals surface area (Å²) in [5.41, 5.74) is 0. The Morgan fingerprint density at radius 3 is 2.42 bits per heavy atom. The third-order valence-electron chi connectivity index (χ3n) is 1.61. The van der Waals surface area contributed by atoms with Gasteiger partial charge in [0.05, 0.1) is 11.5 Å². The van der Waals surface area contributed by atoms with E-state index < -0.39 is 9.84 Å². The third kappa shape index (κ3) is 5.84. The van der Waals surface area contributed by atoms with Crippen molar-refractivity contribution in [2.75, 3.05) is 17.4 Å². The second kappa shape index (κ2) is 5.81. The highest BCUT2D eigenvalue weighted by molar-refractivity contribution is 7.91. The van der Waals surface area contributed by atoms with Crippen LogP contribution in [0.2, 0.25) is 0 Å². The monoisotopic (exact) mass is 212 g/mol. The predicted molar refractivity (Wildman–Crippen MR) is 53.4 cm³/mol. The van der Waals surface area contributed by atoms with E-state index in [9.17, 15) is 8.42 Å². The van der Waals surface area contributed by atoms with E-state index in [2.05, 4.69) is 0 Å². The highest BCUT2D eigenvalue weighted by Crippen LogP contribution is 2.05. The standard InChI is InChI=1S/C8H17ClO2S/c1-3-4-5-12(10,11)7-8(2)6-9/h8H,3-7H2,1-2H3. The van der Waals surface area contributed by atoms with E-state index >= 15 is 0 Å². The van der Waals surface area contributed by atoms with Crippen LogP contribution in [0.15, 0.2) is 0 Å². The molecule has 0 aromatic heterocycles. The molecule has 1 atom stereocenters. The summed E-state index contributed by atoms with van der Waals surface area (Å²) in [5, 5.41) is 0. The van der Waals surface area contributed by atoms with E-state index in [0.29, 0.717) is 11.6 Å². The van der Waals surface area contributed by atoms with Gasteiger partial charge in [-0.1, -0.05) is 20.3 Å². The molecule has 2 nitrogen and oxygen atoms in total. The lowest BCUT2D eigenvalue weighted by Gasteiger charge is -2.07.